The largest absolute Gasteiger partial charge is 0.298 e. The number of hydrogen-bond donors (Lipinski definition) is 1. The van der Waals surface area contributed by atoms with Crippen LogP contribution in [0.25, 0.3) is 0 Å². The summed E-state index contributed by atoms with van der Waals surface area (Å²) in [6.45, 7) is 23.7. The molecule has 2 fully saturated rings. The van der Waals surface area contributed by atoms with Crippen LogP contribution in [-0.4, -0.2) is 24.5 Å². The van der Waals surface area contributed by atoms with E-state index in [0.29, 0.717) is 12.8 Å². The van der Waals surface area contributed by atoms with Gasteiger partial charge in [-0.2, -0.15) is 8.42 Å². The lowest BCUT2D eigenvalue weighted by atomic mass is 9.49. The van der Waals surface area contributed by atoms with E-state index in [9.17, 15) is 13.0 Å². The highest BCUT2D eigenvalue weighted by molar-refractivity contribution is 7.85. The van der Waals surface area contributed by atoms with E-state index in [1.54, 1.807) is 0 Å². The number of ketones is 1. The van der Waals surface area contributed by atoms with Gasteiger partial charge < -0.3 is 0 Å². The van der Waals surface area contributed by atoms with E-state index >= 15 is 4.79 Å². The summed E-state index contributed by atoms with van der Waals surface area (Å²) in [4.78, 5) is 15.7. The average Bonchev–Trinajstić information content (AvgIpc) is 3.21. The fourth-order valence-electron chi connectivity index (χ4n) is 9.01. The second kappa shape index (κ2) is 10.1. The maximum Gasteiger partial charge on any atom is 0.265 e. The zero-order valence-corrected chi connectivity index (χ0v) is 29.9. The van der Waals surface area contributed by atoms with Crippen molar-refractivity contribution in [3.8, 4) is 0 Å². The molecular weight excluding hydrogens is 577 g/mol. The first kappa shape index (κ1) is 33.6. The Balaban J connectivity index is 1.93. The number of carbonyl (C=O) groups excluding carboxylic acids is 1. The first-order valence-corrected chi connectivity index (χ1v) is 17.9. The van der Waals surface area contributed by atoms with Gasteiger partial charge in [0, 0.05) is 5.41 Å². The summed E-state index contributed by atoms with van der Waals surface area (Å²) in [5, 5.41) is 0. The summed E-state index contributed by atoms with van der Waals surface area (Å²) >= 11 is 0. The molecule has 45 heavy (non-hydrogen) atoms. The number of rotatable bonds is 5. The van der Waals surface area contributed by atoms with E-state index in [4.69, 9.17) is 0 Å². The molecule has 1 N–H and O–H groups in total. The lowest BCUT2D eigenvalue weighted by molar-refractivity contribution is -0.132. The summed E-state index contributed by atoms with van der Waals surface area (Å²) < 4.78 is 36.0. The van der Waals surface area contributed by atoms with Gasteiger partial charge in [-0.1, -0.05) is 149 Å². The van der Waals surface area contributed by atoms with Gasteiger partial charge in [0.2, 0.25) is 0 Å². The molecule has 2 saturated carbocycles. The van der Waals surface area contributed by atoms with Gasteiger partial charge in [0.25, 0.3) is 10.1 Å². The summed E-state index contributed by atoms with van der Waals surface area (Å²) in [5.41, 5.74) is 2.01. The average molecular weight is 629 g/mol. The molecule has 0 saturated heterocycles. The van der Waals surface area contributed by atoms with E-state index < -0.39 is 37.5 Å². The van der Waals surface area contributed by atoms with E-state index in [1.807, 2.05) is 0 Å². The summed E-state index contributed by atoms with van der Waals surface area (Å²) in [7, 11) is -4.48. The molecule has 3 aromatic rings. The third-order valence-corrected chi connectivity index (χ3v) is 12.5. The third-order valence-electron chi connectivity index (χ3n) is 11.6. The van der Waals surface area contributed by atoms with Gasteiger partial charge in [0.15, 0.2) is 5.78 Å². The Hall–Kier alpha value is -2.76. The van der Waals surface area contributed by atoms with Crippen molar-refractivity contribution in [2.24, 2.45) is 10.8 Å². The van der Waals surface area contributed by atoms with Crippen molar-refractivity contribution in [1.82, 2.24) is 0 Å². The van der Waals surface area contributed by atoms with Crippen molar-refractivity contribution < 1.29 is 17.8 Å². The lowest BCUT2D eigenvalue weighted by Crippen LogP contribution is -2.55. The Bertz CT molecular complexity index is 1650. The molecule has 4 nitrogen and oxygen atoms in total. The standard InChI is InChI=1S/C40H52O4S/c1-34(2,3)27-12-18-30(19-13-27)39-25-24-38(37(39,10)11,26-45(42,43)44)33(41)40(39,31-20-14-28(15-21-31)35(4,5)6)32-22-16-29(17-23-32)36(7,8)9/h12-23H,24-26H2,1-11H3,(H,42,43,44). The van der Waals surface area contributed by atoms with Crippen molar-refractivity contribution in [3.05, 3.63) is 106 Å². The molecule has 2 aliphatic rings. The van der Waals surface area contributed by atoms with Crippen LogP contribution in [0.2, 0.25) is 0 Å². The molecule has 0 aliphatic heterocycles. The second-order valence-electron chi connectivity index (χ2n) is 17.4. The topological polar surface area (TPSA) is 71.4 Å². The highest BCUT2D eigenvalue weighted by Gasteiger charge is 2.83. The van der Waals surface area contributed by atoms with E-state index in [0.717, 1.165) is 27.8 Å². The normalized spacial score (nSPS) is 24.7. The molecule has 5 rings (SSSR count). The minimum absolute atomic E-state index is 0.0513. The minimum atomic E-state index is -4.48. The highest BCUT2D eigenvalue weighted by Crippen LogP contribution is 2.79. The maximum absolute atomic E-state index is 15.7. The number of fused-ring (bicyclic) bond motifs is 2. The smallest absolute Gasteiger partial charge is 0.265 e. The van der Waals surface area contributed by atoms with Crippen molar-refractivity contribution in [3.63, 3.8) is 0 Å². The fraction of sp³-hybridized carbons (Fsp3) is 0.525. The van der Waals surface area contributed by atoms with Crippen LogP contribution in [0.5, 0.6) is 0 Å². The van der Waals surface area contributed by atoms with Crippen LogP contribution in [0.15, 0.2) is 72.8 Å². The first-order valence-electron chi connectivity index (χ1n) is 16.3. The third kappa shape index (κ3) is 4.78. The zero-order chi connectivity index (χ0) is 33.6. The Morgan fingerprint density at radius 2 is 0.933 bits per heavy atom. The molecule has 0 spiro atoms. The molecule has 2 aliphatic carbocycles. The van der Waals surface area contributed by atoms with Gasteiger partial charge in [-0.05, 0) is 67.9 Å². The molecular formula is C40H52O4S. The van der Waals surface area contributed by atoms with Crippen LogP contribution in [-0.2, 0) is 42.0 Å². The molecule has 3 aromatic carbocycles. The first-order chi connectivity index (χ1) is 20.4. The summed E-state index contributed by atoms with van der Waals surface area (Å²) in [6.07, 6.45) is 1.000. The van der Waals surface area contributed by atoms with Crippen LogP contribution in [0.3, 0.4) is 0 Å². The minimum Gasteiger partial charge on any atom is -0.298 e. The van der Waals surface area contributed by atoms with Gasteiger partial charge in [-0.25, -0.2) is 0 Å². The molecule has 2 unspecified atom stereocenters. The van der Waals surface area contributed by atoms with Gasteiger partial charge in [0.1, 0.15) is 0 Å². The Kier molecular flexibility index (Phi) is 7.55. The second-order valence-corrected chi connectivity index (χ2v) is 18.9. The molecule has 0 amide bonds. The molecule has 0 radical (unpaired) electrons. The van der Waals surface area contributed by atoms with Gasteiger partial charge in [-0.15, -0.1) is 0 Å². The maximum atomic E-state index is 15.7. The van der Waals surface area contributed by atoms with Crippen LogP contribution in [0.1, 0.15) is 122 Å². The SMILES string of the molecule is CC(C)(C)c1ccc(C2(c3ccc(C(C)(C)C)cc3)C(=O)C3(CS(=O)(=O)O)CCC2(c2ccc(C(C)(C)C)cc2)C3(C)C)cc1. The van der Waals surface area contributed by atoms with Gasteiger partial charge in [-0.3, -0.25) is 9.35 Å². The summed E-state index contributed by atoms with van der Waals surface area (Å²) in [5.74, 6) is -0.703. The molecule has 242 valence electrons. The van der Waals surface area contributed by atoms with Gasteiger partial charge >= 0.3 is 0 Å². The van der Waals surface area contributed by atoms with Crippen molar-refractivity contribution >= 4 is 15.9 Å². The van der Waals surface area contributed by atoms with Crippen LogP contribution < -0.4 is 0 Å². The summed E-state index contributed by atoms with van der Waals surface area (Å²) in [6, 6.07) is 25.6. The van der Waals surface area contributed by atoms with Crippen LogP contribution >= 0.6 is 0 Å². The Morgan fingerprint density at radius 1 is 0.600 bits per heavy atom. The molecule has 2 atom stereocenters. The fourth-order valence-corrected chi connectivity index (χ4v) is 10.3. The van der Waals surface area contributed by atoms with E-state index in [2.05, 4.69) is 149 Å². The monoisotopic (exact) mass is 628 g/mol. The van der Waals surface area contributed by atoms with Crippen LogP contribution in [0, 0.1) is 10.8 Å². The van der Waals surface area contributed by atoms with Crippen molar-refractivity contribution in [2.45, 2.75) is 116 Å². The quantitative estimate of drug-likeness (QED) is 0.286. The van der Waals surface area contributed by atoms with Crippen molar-refractivity contribution in [2.75, 3.05) is 5.75 Å². The predicted octanol–water partition coefficient (Wildman–Crippen LogP) is 9.08. The molecule has 2 bridgehead atoms. The zero-order valence-electron chi connectivity index (χ0n) is 29.1. The Labute approximate surface area is 271 Å². The number of Topliss-reactive ketones (excluding diaryl/α,β-unsaturated/α-hetero) is 1. The lowest BCUT2D eigenvalue weighted by Gasteiger charge is -2.51. The van der Waals surface area contributed by atoms with Gasteiger partial charge in [0.05, 0.1) is 16.6 Å². The number of hydrogen-bond acceptors (Lipinski definition) is 3. The molecule has 0 heterocycles. The van der Waals surface area contributed by atoms with Crippen LogP contribution in [0.4, 0.5) is 0 Å². The van der Waals surface area contributed by atoms with E-state index in [1.165, 1.54) is 5.56 Å². The van der Waals surface area contributed by atoms with Crippen molar-refractivity contribution in [1.29, 1.82) is 0 Å². The Morgan fingerprint density at radius 3 is 1.24 bits per heavy atom. The van der Waals surface area contributed by atoms with E-state index in [-0.39, 0.29) is 22.0 Å². The number of carbonyl (C=O) groups is 1. The highest BCUT2D eigenvalue weighted by atomic mass is 32.2. The number of benzene rings is 3. The molecule has 0 aromatic heterocycles. The molecule has 5 heteroatoms. The predicted molar refractivity (Wildman–Crippen MR) is 185 cm³/mol.